The van der Waals surface area contributed by atoms with Crippen molar-refractivity contribution in [3.8, 4) is 0 Å². The summed E-state index contributed by atoms with van der Waals surface area (Å²) in [6, 6.07) is 0.254. The Bertz CT molecular complexity index is 363. The molecule has 0 saturated heterocycles. The fraction of sp³-hybridized carbons (Fsp3) is 0.556. The third kappa shape index (κ3) is 2.48. The van der Waals surface area contributed by atoms with Crippen LogP contribution in [0.4, 0.5) is 0 Å². The van der Waals surface area contributed by atoms with Gasteiger partial charge in [0.1, 0.15) is 5.15 Å². The van der Waals surface area contributed by atoms with Crippen LogP contribution in [0.5, 0.6) is 0 Å². The highest BCUT2D eigenvalue weighted by Gasteiger charge is 2.00. The summed E-state index contributed by atoms with van der Waals surface area (Å²) in [5.41, 5.74) is 0.835. The van der Waals surface area contributed by atoms with Crippen molar-refractivity contribution in [3.05, 3.63) is 23.2 Å². The van der Waals surface area contributed by atoms with Crippen molar-refractivity contribution in [2.75, 3.05) is 0 Å². The van der Waals surface area contributed by atoms with Gasteiger partial charge in [0.05, 0.1) is 24.1 Å². The second-order valence-electron chi connectivity index (χ2n) is 3.40. The SMILES string of the molecule is Cc1cnn(C(C)C)n(C)c(Cl)cn1. The van der Waals surface area contributed by atoms with Gasteiger partial charge in [0.25, 0.3) is 0 Å². The summed E-state index contributed by atoms with van der Waals surface area (Å²) in [7, 11) is 1.85. The molecule has 5 heteroatoms. The Hall–Kier alpha value is -1.03. The standard InChI is InChI=1S/C9H15ClN4/c1-7(2)14-12-5-8(3)11-6-9(10)13(14)4/h5-7H,1-4H3. The van der Waals surface area contributed by atoms with Crippen LogP contribution >= 0.6 is 11.6 Å². The lowest BCUT2D eigenvalue weighted by molar-refractivity contribution is 0.377. The molecule has 0 N–H and O–H groups in total. The highest BCUT2D eigenvalue weighted by Crippen LogP contribution is 2.06. The van der Waals surface area contributed by atoms with Crippen molar-refractivity contribution in [1.82, 2.24) is 19.6 Å². The van der Waals surface area contributed by atoms with Crippen LogP contribution in [0, 0.1) is 6.92 Å². The second-order valence-corrected chi connectivity index (χ2v) is 3.79. The molecule has 0 bridgehead atoms. The molecule has 0 aliphatic rings. The Labute approximate surface area is 88.8 Å². The van der Waals surface area contributed by atoms with Crippen LogP contribution < -0.4 is 0 Å². The van der Waals surface area contributed by atoms with Crippen LogP contribution in [0.25, 0.3) is 0 Å². The predicted molar refractivity (Wildman–Crippen MR) is 56.8 cm³/mol. The Morgan fingerprint density at radius 3 is 2.57 bits per heavy atom. The van der Waals surface area contributed by atoms with E-state index in [9.17, 15) is 0 Å². The summed E-state index contributed by atoms with van der Waals surface area (Å²) < 4.78 is 1.76. The number of hydrogen-bond acceptors (Lipinski definition) is 2. The van der Waals surface area contributed by atoms with E-state index in [2.05, 4.69) is 10.1 Å². The van der Waals surface area contributed by atoms with E-state index in [1.165, 1.54) is 0 Å². The Morgan fingerprint density at radius 2 is 2.00 bits per heavy atom. The molecule has 0 amide bonds. The molecular formula is C9H15ClN4. The quantitative estimate of drug-likeness (QED) is 0.719. The fourth-order valence-electron chi connectivity index (χ4n) is 1.07. The molecular weight excluding hydrogens is 200 g/mol. The molecule has 14 heavy (non-hydrogen) atoms. The van der Waals surface area contributed by atoms with Crippen LogP contribution in [0.1, 0.15) is 25.6 Å². The summed E-state index contributed by atoms with van der Waals surface area (Å²) in [4.78, 5) is 5.92. The summed E-state index contributed by atoms with van der Waals surface area (Å²) in [6.07, 6.45) is 3.34. The number of hydrogen-bond donors (Lipinski definition) is 0. The van der Waals surface area contributed by atoms with E-state index in [1.807, 2.05) is 27.8 Å². The number of aryl methyl sites for hydroxylation is 1. The van der Waals surface area contributed by atoms with Gasteiger partial charge in [0, 0.05) is 7.05 Å². The van der Waals surface area contributed by atoms with Crippen LogP contribution in [0.2, 0.25) is 5.15 Å². The molecule has 4 nitrogen and oxygen atoms in total. The molecule has 0 saturated carbocycles. The van der Waals surface area contributed by atoms with Crippen molar-refractivity contribution >= 4 is 11.6 Å². The summed E-state index contributed by atoms with van der Waals surface area (Å²) in [5, 5.41) is 4.82. The molecule has 0 aromatic carbocycles. The van der Waals surface area contributed by atoms with Crippen molar-refractivity contribution in [3.63, 3.8) is 0 Å². The molecule has 1 rings (SSSR count). The third-order valence-electron chi connectivity index (χ3n) is 1.82. The molecule has 78 valence electrons. The van der Waals surface area contributed by atoms with E-state index < -0.39 is 0 Å². The molecule has 0 spiro atoms. The molecule has 0 atom stereocenters. The van der Waals surface area contributed by atoms with E-state index in [4.69, 9.17) is 11.6 Å². The maximum absolute atomic E-state index is 6.01. The molecule has 0 unspecified atom stereocenters. The zero-order valence-corrected chi connectivity index (χ0v) is 9.65. The molecule has 1 aromatic rings. The van der Waals surface area contributed by atoms with Crippen LogP contribution in [0.3, 0.4) is 0 Å². The number of rotatable bonds is 1. The number of halogens is 1. The zero-order valence-electron chi connectivity index (χ0n) is 8.90. The second kappa shape index (κ2) is 4.46. The molecule has 0 radical (unpaired) electrons. The lowest BCUT2D eigenvalue weighted by atomic mass is 10.4. The Balaban J connectivity index is 3.44. The Kier molecular flexibility index (Phi) is 3.52. The predicted octanol–water partition coefficient (Wildman–Crippen LogP) is 2.28. The average Bonchev–Trinajstić information content (AvgIpc) is 2.12. The van der Waals surface area contributed by atoms with Gasteiger partial charge < -0.3 is 0 Å². The van der Waals surface area contributed by atoms with Gasteiger partial charge in [-0.2, -0.15) is 5.10 Å². The third-order valence-corrected chi connectivity index (χ3v) is 2.16. The largest absolute Gasteiger partial charge is 0.260 e. The van der Waals surface area contributed by atoms with Crippen molar-refractivity contribution in [2.45, 2.75) is 26.8 Å². The van der Waals surface area contributed by atoms with E-state index in [0.717, 1.165) is 5.69 Å². The van der Waals surface area contributed by atoms with Crippen LogP contribution in [-0.4, -0.2) is 19.6 Å². The van der Waals surface area contributed by atoms with Gasteiger partial charge in [-0.3, -0.25) is 9.67 Å². The average molecular weight is 215 g/mol. The van der Waals surface area contributed by atoms with Crippen LogP contribution in [0.15, 0.2) is 12.4 Å². The first-order chi connectivity index (χ1) is 6.52. The summed E-state index contributed by atoms with van der Waals surface area (Å²) in [6.45, 7) is 5.98. The minimum absolute atomic E-state index is 0.254. The lowest BCUT2D eigenvalue weighted by Crippen LogP contribution is -2.17. The Morgan fingerprint density at radius 1 is 1.36 bits per heavy atom. The van der Waals surface area contributed by atoms with Crippen molar-refractivity contribution < 1.29 is 0 Å². The van der Waals surface area contributed by atoms with Gasteiger partial charge >= 0.3 is 0 Å². The zero-order chi connectivity index (χ0) is 10.7. The summed E-state index contributed by atoms with van der Waals surface area (Å²) >= 11 is 6.01. The van der Waals surface area contributed by atoms with E-state index in [1.54, 1.807) is 21.9 Å². The van der Waals surface area contributed by atoms with E-state index in [-0.39, 0.29) is 6.04 Å². The number of aromatic nitrogens is 4. The van der Waals surface area contributed by atoms with Gasteiger partial charge in [0.15, 0.2) is 0 Å². The van der Waals surface area contributed by atoms with Crippen molar-refractivity contribution in [2.24, 2.45) is 7.05 Å². The van der Waals surface area contributed by atoms with Gasteiger partial charge in [-0.1, -0.05) is 11.6 Å². The van der Waals surface area contributed by atoms with E-state index in [0.29, 0.717) is 5.15 Å². The fourth-order valence-corrected chi connectivity index (χ4v) is 1.20. The highest BCUT2D eigenvalue weighted by atomic mass is 35.5. The number of nitrogens with zero attached hydrogens (tertiary/aromatic N) is 4. The maximum atomic E-state index is 6.01. The van der Waals surface area contributed by atoms with E-state index >= 15 is 0 Å². The molecule has 0 aliphatic heterocycles. The smallest absolute Gasteiger partial charge is 0.143 e. The van der Waals surface area contributed by atoms with Crippen molar-refractivity contribution in [1.29, 1.82) is 0 Å². The van der Waals surface area contributed by atoms with Gasteiger partial charge in [-0.05, 0) is 20.8 Å². The lowest BCUT2D eigenvalue weighted by Gasteiger charge is -2.14. The minimum atomic E-state index is 0.254. The monoisotopic (exact) mass is 214 g/mol. The van der Waals surface area contributed by atoms with Gasteiger partial charge in [0.2, 0.25) is 0 Å². The highest BCUT2D eigenvalue weighted by molar-refractivity contribution is 6.29. The molecule has 0 fully saturated rings. The first kappa shape index (κ1) is 11.0. The molecule has 0 aliphatic carbocycles. The van der Waals surface area contributed by atoms with Gasteiger partial charge in [-0.25, -0.2) is 4.80 Å². The maximum Gasteiger partial charge on any atom is 0.143 e. The van der Waals surface area contributed by atoms with Crippen LogP contribution in [-0.2, 0) is 7.05 Å². The molecule has 1 heterocycles. The summed E-state index contributed by atoms with van der Waals surface area (Å²) in [5.74, 6) is 0. The normalized spacial score (nSPS) is 10.4. The minimum Gasteiger partial charge on any atom is -0.260 e. The van der Waals surface area contributed by atoms with Gasteiger partial charge in [-0.15, -0.1) is 0 Å². The topological polar surface area (TPSA) is 35.6 Å². The first-order valence-corrected chi connectivity index (χ1v) is 4.87. The first-order valence-electron chi connectivity index (χ1n) is 4.49. The molecule has 1 aromatic heterocycles.